The van der Waals surface area contributed by atoms with Gasteiger partial charge in [0.05, 0.1) is 41.2 Å². The molecule has 4 aromatic rings. The van der Waals surface area contributed by atoms with Crippen LogP contribution in [0.5, 0.6) is 0 Å². The number of ether oxygens (including phenoxy) is 1. The average Bonchev–Trinajstić information content (AvgIpc) is 3.42. The SMILES string of the molecule is Cc1nc2ccc(N=C(N)C(=CN)C(=O)c3cc4ccc(CN5CCOCC5)cc4[nH]3)cc2[nH]1. The van der Waals surface area contributed by atoms with Crippen LogP contribution in [0.1, 0.15) is 21.9 Å². The lowest BCUT2D eigenvalue weighted by atomic mass is 10.1. The van der Waals surface area contributed by atoms with Gasteiger partial charge in [-0.05, 0) is 42.8 Å². The van der Waals surface area contributed by atoms with Crippen LogP contribution >= 0.6 is 0 Å². The maximum atomic E-state index is 13.2. The summed E-state index contributed by atoms with van der Waals surface area (Å²) in [5.41, 5.74) is 16.9. The number of rotatable bonds is 6. The Labute approximate surface area is 196 Å². The maximum absolute atomic E-state index is 13.2. The molecular formula is C25H27N7O2. The smallest absolute Gasteiger partial charge is 0.214 e. The molecule has 2 aromatic heterocycles. The zero-order valence-corrected chi connectivity index (χ0v) is 19.0. The predicted octanol–water partition coefficient (Wildman–Crippen LogP) is 2.90. The Balaban J connectivity index is 1.37. The molecule has 0 unspecified atom stereocenters. The van der Waals surface area contributed by atoms with Gasteiger partial charge in [-0.3, -0.25) is 9.69 Å². The number of nitrogens with zero attached hydrogens (tertiary/aromatic N) is 3. The van der Waals surface area contributed by atoms with Gasteiger partial charge < -0.3 is 26.2 Å². The summed E-state index contributed by atoms with van der Waals surface area (Å²) in [6, 6.07) is 13.5. The van der Waals surface area contributed by atoms with Crippen molar-refractivity contribution < 1.29 is 9.53 Å². The first-order valence-corrected chi connectivity index (χ1v) is 11.2. The molecule has 0 spiro atoms. The van der Waals surface area contributed by atoms with E-state index in [4.69, 9.17) is 16.2 Å². The van der Waals surface area contributed by atoms with Gasteiger partial charge in [-0.25, -0.2) is 9.98 Å². The Hall–Kier alpha value is -3.95. The highest BCUT2D eigenvalue weighted by molar-refractivity contribution is 6.27. The summed E-state index contributed by atoms with van der Waals surface area (Å²) in [6.07, 6.45) is 1.20. The average molecular weight is 458 g/mol. The van der Waals surface area contributed by atoms with Crippen molar-refractivity contribution in [2.45, 2.75) is 13.5 Å². The zero-order valence-electron chi connectivity index (χ0n) is 19.0. The highest BCUT2D eigenvalue weighted by Crippen LogP contribution is 2.23. The van der Waals surface area contributed by atoms with Crippen molar-refractivity contribution in [3.63, 3.8) is 0 Å². The van der Waals surface area contributed by atoms with Crippen LogP contribution < -0.4 is 11.5 Å². The van der Waals surface area contributed by atoms with E-state index >= 15 is 0 Å². The fraction of sp³-hybridized carbons (Fsp3) is 0.240. The molecule has 1 aliphatic rings. The Bertz CT molecular complexity index is 1420. The van der Waals surface area contributed by atoms with Crippen LogP contribution in [0.2, 0.25) is 0 Å². The molecule has 0 radical (unpaired) electrons. The lowest BCUT2D eigenvalue weighted by Crippen LogP contribution is -2.35. The molecule has 0 bridgehead atoms. The number of aryl methyl sites for hydroxylation is 1. The third kappa shape index (κ3) is 4.43. The van der Waals surface area contributed by atoms with Crippen LogP contribution in [0.3, 0.4) is 0 Å². The van der Waals surface area contributed by atoms with E-state index in [1.54, 1.807) is 6.07 Å². The van der Waals surface area contributed by atoms with E-state index in [1.165, 1.54) is 11.8 Å². The molecule has 0 aliphatic carbocycles. The monoisotopic (exact) mass is 457 g/mol. The molecule has 1 fully saturated rings. The number of hydrogen-bond donors (Lipinski definition) is 4. The minimum absolute atomic E-state index is 0.0507. The Kier molecular flexibility index (Phi) is 5.87. The second kappa shape index (κ2) is 9.12. The Morgan fingerprint density at radius 1 is 1.15 bits per heavy atom. The number of ketones is 1. The van der Waals surface area contributed by atoms with Crippen LogP contribution in [-0.2, 0) is 11.3 Å². The molecular weight excluding hydrogens is 430 g/mol. The summed E-state index contributed by atoms with van der Waals surface area (Å²) in [5.74, 6) is 0.552. The van der Waals surface area contributed by atoms with Gasteiger partial charge in [-0.1, -0.05) is 12.1 Å². The van der Waals surface area contributed by atoms with Gasteiger partial charge in [-0.2, -0.15) is 0 Å². The van der Waals surface area contributed by atoms with Gasteiger partial charge in [0.25, 0.3) is 0 Å². The molecule has 3 heterocycles. The van der Waals surface area contributed by atoms with Crippen molar-refractivity contribution in [1.82, 2.24) is 19.9 Å². The fourth-order valence-electron chi connectivity index (χ4n) is 4.23. The fourth-order valence-corrected chi connectivity index (χ4v) is 4.23. The molecule has 1 saturated heterocycles. The number of aliphatic imine (C=N–C) groups is 1. The first-order valence-electron chi connectivity index (χ1n) is 11.2. The third-order valence-electron chi connectivity index (χ3n) is 5.96. The van der Waals surface area contributed by atoms with E-state index in [9.17, 15) is 4.79 Å². The molecule has 5 rings (SSSR count). The van der Waals surface area contributed by atoms with Crippen molar-refractivity contribution in [2.24, 2.45) is 16.5 Å². The van der Waals surface area contributed by atoms with E-state index in [1.807, 2.05) is 31.2 Å². The van der Waals surface area contributed by atoms with Crippen molar-refractivity contribution >= 4 is 39.2 Å². The summed E-state index contributed by atoms with van der Waals surface area (Å²) in [6.45, 7) is 6.09. The second-order valence-electron chi connectivity index (χ2n) is 8.42. The number of aromatic nitrogens is 3. The number of imidazole rings is 1. The highest BCUT2D eigenvalue weighted by Gasteiger charge is 2.19. The predicted molar refractivity (Wildman–Crippen MR) is 133 cm³/mol. The molecule has 9 heteroatoms. The Morgan fingerprint density at radius 3 is 2.76 bits per heavy atom. The number of hydrogen-bond acceptors (Lipinski definition) is 6. The number of nitrogens with two attached hydrogens (primary N) is 2. The first kappa shape index (κ1) is 21.9. The first-order chi connectivity index (χ1) is 16.5. The summed E-state index contributed by atoms with van der Waals surface area (Å²) < 4.78 is 5.42. The molecule has 0 amide bonds. The van der Waals surface area contributed by atoms with Gasteiger partial charge in [-0.15, -0.1) is 0 Å². The number of Topliss-reactive ketones (excluding diaryl/α,β-unsaturated/α-hetero) is 1. The third-order valence-corrected chi connectivity index (χ3v) is 5.96. The molecule has 1 aliphatic heterocycles. The Morgan fingerprint density at radius 2 is 1.97 bits per heavy atom. The molecule has 6 N–H and O–H groups in total. The number of benzene rings is 2. The quantitative estimate of drug-likeness (QED) is 0.152. The van der Waals surface area contributed by atoms with Gasteiger partial charge in [0.2, 0.25) is 5.78 Å². The lowest BCUT2D eigenvalue weighted by molar-refractivity contribution is 0.0342. The summed E-state index contributed by atoms with van der Waals surface area (Å²) in [5, 5.41) is 0.945. The summed E-state index contributed by atoms with van der Waals surface area (Å²) in [7, 11) is 0. The standard InChI is InChI=1S/C25H27N7O2/c1-15-28-20-5-4-18(12-22(20)29-15)30-25(27)19(13-26)24(33)23-11-17-3-2-16(10-21(17)31-23)14-32-6-8-34-9-7-32/h2-5,10-13,31H,6-9,14,26H2,1H3,(H2,27,30)(H,28,29). The summed E-state index contributed by atoms with van der Waals surface area (Å²) >= 11 is 0. The van der Waals surface area contributed by atoms with Crippen LogP contribution in [0, 0.1) is 6.92 Å². The van der Waals surface area contributed by atoms with Gasteiger partial charge >= 0.3 is 0 Å². The van der Waals surface area contributed by atoms with E-state index in [0.29, 0.717) is 11.4 Å². The van der Waals surface area contributed by atoms with Gasteiger partial charge in [0.1, 0.15) is 11.7 Å². The van der Waals surface area contributed by atoms with Crippen LogP contribution in [0.15, 0.2) is 59.2 Å². The maximum Gasteiger partial charge on any atom is 0.214 e. The zero-order chi connectivity index (χ0) is 23.7. The highest BCUT2D eigenvalue weighted by atomic mass is 16.5. The number of nitrogens with one attached hydrogen (secondary N) is 2. The number of fused-ring (bicyclic) bond motifs is 2. The van der Waals surface area contributed by atoms with Crippen LogP contribution in [0.4, 0.5) is 5.69 Å². The normalized spacial score (nSPS) is 15.9. The van der Waals surface area contributed by atoms with Gasteiger partial charge in [0.15, 0.2) is 0 Å². The molecule has 2 aromatic carbocycles. The molecule has 0 atom stereocenters. The molecule has 34 heavy (non-hydrogen) atoms. The number of morpholine rings is 1. The molecule has 0 saturated carbocycles. The van der Waals surface area contributed by atoms with E-state index in [2.05, 4.69) is 37.0 Å². The van der Waals surface area contributed by atoms with Crippen molar-refractivity contribution in [2.75, 3.05) is 26.3 Å². The lowest BCUT2D eigenvalue weighted by Gasteiger charge is -2.26. The number of carbonyl (C=O) groups is 1. The van der Waals surface area contributed by atoms with Crippen molar-refractivity contribution in [3.05, 3.63) is 71.3 Å². The number of carbonyl (C=O) groups excluding carboxylic acids is 1. The summed E-state index contributed by atoms with van der Waals surface area (Å²) in [4.78, 5) is 30.8. The molecule has 174 valence electrons. The van der Waals surface area contributed by atoms with Crippen LogP contribution in [0.25, 0.3) is 21.9 Å². The number of H-pyrrole nitrogens is 2. The van der Waals surface area contributed by atoms with E-state index in [-0.39, 0.29) is 17.2 Å². The molecule has 9 nitrogen and oxygen atoms in total. The van der Waals surface area contributed by atoms with Crippen molar-refractivity contribution in [3.8, 4) is 0 Å². The van der Waals surface area contributed by atoms with Gasteiger partial charge in [0, 0.05) is 36.7 Å². The minimum Gasteiger partial charge on any atom is -0.404 e. The van der Waals surface area contributed by atoms with Crippen LogP contribution in [-0.4, -0.2) is 57.8 Å². The van der Waals surface area contributed by atoms with Crippen molar-refractivity contribution in [1.29, 1.82) is 0 Å². The second-order valence-corrected chi connectivity index (χ2v) is 8.42. The van der Waals surface area contributed by atoms with E-state index < -0.39 is 0 Å². The minimum atomic E-state index is -0.312. The topological polar surface area (TPSA) is 138 Å². The van der Waals surface area contributed by atoms with E-state index in [0.717, 1.165) is 60.6 Å². The number of aromatic amines is 2. The largest absolute Gasteiger partial charge is 0.404 e. The number of amidine groups is 1.